The minimum Gasteiger partial charge on any atom is -0.467 e. The maximum absolute atomic E-state index is 13.0. The Balaban J connectivity index is 3.13. The number of carbonyl (C=O) groups excluding carboxylic acids is 3. The highest BCUT2D eigenvalue weighted by Crippen LogP contribution is 2.39. The highest BCUT2D eigenvalue weighted by atomic mass is 32.3. The number of hydrogen-bond acceptors (Lipinski definition) is 9. The highest BCUT2D eigenvalue weighted by molar-refractivity contribution is 8.15. The maximum atomic E-state index is 13.0. The van der Waals surface area contributed by atoms with Gasteiger partial charge in [-0.3, -0.25) is 32.6 Å². The molecule has 1 saturated heterocycles. The number of ether oxygens (including phenoxy) is 1. The third kappa shape index (κ3) is 6.07. The smallest absolute Gasteiger partial charge is 0.328 e. The Kier molecular flexibility index (Phi) is 8.73. The number of likely N-dealkylation sites (tertiary alicyclic amines) is 1. The summed E-state index contributed by atoms with van der Waals surface area (Å²) in [5.74, 6) is -3.70. The van der Waals surface area contributed by atoms with Crippen LogP contribution in [0.4, 0.5) is 0 Å². The molecule has 152 valence electrons. The molecule has 1 rings (SSSR count). The minimum atomic E-state index is -4.57. The molecule has 0 bridgehead atoms. The third-order valence-electron chi connectivity index (χ3n) is 4.16. The van der Waals surface area contributed by atoms with E-state index in [1.807, 2.05) is 6.92 Å². The molecule has 12 heteroatoms. The van der Waals surface area contributed by atoms with E-state index < -0.39 is 47.0 Å². The van der Waals surface area contributed by atoms with E-state index in [4.69, 9.17) is 18.9 Å². The Labute approximate surface area is 153 Å². The van der Waals surface area contributed by atoms with E-state index in [1.54, 1.807) is 0 Å². The summed E-state index contributed by atoms with van der Waals surface area (Å²) in [5, 5.41) is 8.89. The van der Waals surface area contributed by atoms with Crippen molar-refractivity contribution in [1.29, 1.82) is 0 Å². The SMILES string of the molecule is CCCC[C@@H](C(=O)N1CCC[C@H]1C(=O)OC)[C@H](OS(O)(O)O)C(=O)NO. The molecule has 2 amide bonds. The van der Waals surface area contributed by atoms with Crippen LogP contribution in [0.1, 0.15) is 39.0 Å². The lowest BCUT2D eigenvalue weighted by Gasteiger charge is -2.33. The van der Waals surface area contributed by atoms with Crippen molar-refractivity contribution in [3.8, 4) is 0 Å². The van der Waals surface area contributed by atoms with Crippen LogP contribution < -0.4 is 5.48 Å². The fraction of sp³-hybridized carbons (Fsp3) is 0.786. The molecule has 0 spiro atoms. The average Bonchev–Trinajstić information content (AvgIpc) is 3.08. The molecule has 0 radical (unpaired) electrons. The molecule has 1 heterocycles. The van der Waals surface area contributed by atoms with Crippen molar-refractivity contribution in [2.24, 2.45) is 5.92 Å². The molecule has 11 nitrogen and oxygen atoms in total. The predicted molar refractivity (Wildman–Crippen MR) is 90.0 cm³/mol. The van der Waals surface area contributed by atoms with Gasteiger partial charge in [0.05, 0.1) is 13.0 Å². The molecule has 0 unspecified atom stereocenters. The molecule has 1 fully saturated rings. The zero-order valence-electron chi connectivity index (χ0n) is 14.7. The largest absolute Gasteiger partial charge is 0.467 e. The molecule has 3 atom stereocenters. The molecule has 5 N–H and O–H groups in total. The Morgan fingerprint density at radius 3 is 2.46 bits per heavy atom. The summed E-state index contributed by atoms with van der Waals surface area (Å²) >= 11 is -4.57. The van der Waals surface area contributed by atoms with Crippen LogP contribution in [0, 0.1) is 5.92 Å². The molecule has 0 saturated carbocycles. The second kappa shape index (κ2) is 10.0. The Morgan fingerprint density at radius 2 is 1.96 bits per heavy atom. The topological polar surface area (TPSA) is 166 Å². The third-order valence-corrected chi connectivity index (χ3v) is 4.63. The first-order valence-electron chi connectivity index (χ1n) is 8.17. The van der Waals surface area contributed by atoms with E-state index in [1.165, 1.54) is 17.5 Å². The zero-order chi connectivity index (χ0) is 19.9. The van der Waals surface area contributed by atoms with E-state index >= 15 is 0 Å². The summed E-state index contributed by atoms with van der Waals surface area (Å²) in [6.45, 7) is 2.10. The molecule has 0 aliphatic carbocycles. The van der Waals surface area contributed by atoms with Crippen molar-refractivity contribution < 1.29 is 42.2 Å². The number of unbranched alkanes of at least 4 members (excludes halogenated alkanes) is 1. The maximum Gasteiger partial charge on any atom is 0.328 e. The number of carbonyl (C=O) groups is 3. The fourth-order valence-electron chi connectivity index (χ4n) is 2.95. The van der Waals surface area contributed by atoms with Crippen molar-refractivity contribution in [3.63, 3.8) is 0 Å². The molecule has 1 aliphatic rings. The second-order valence-electron chi connectivity index (χ2n) is 5.92. The van der Waals surface area contributed by atoms with Gasteiger partial charge in [-0.05, 0) is 19.3 Å². The lowest BCUT2D eigenvalue weighted by Crippen LogP contribution is -2.51. The number of esters is 1. The lowest BCUT2D eigenvalue weighted by atomic mass is 9.93. The van der Waals surface area contributed by atoms with Crippen LogP contribution in [0.25, 0.3) is 0 Å². The molecule has 0 aromatic rings. The minimum absolute atomic E-state index is 0.104. The van der Waals surface area contributed by atoms with Gasteiger partial charge in [0, 0.05) is 6.54 Å². The van der Waals surface area contributed by atoms with Gasteiger partial charge in [0.2, 0.25) is 17.1 Å². The number of amides is 2. The standard InChI is InChI=1S/C14H26N2O9S/c1-3-4-6-9(11(12(17)15-20)25-26(21,22)23)13(18)16-8-5-7-10(16)14(19)24-2/h9-11,20-23H,3-8H2,1-2H3,(H,15,17)/t9-,10+,11+/m1/s1. The normalized spacial score (nSPS) is 20.4. The summed E-state index contributed by atoms with van der Waals surface area (Å²) in [4.78, 5) is 38.0. The zero-order valence-corrected chi connectivity index (χ0v) is 15.5. The van der Waals surface area contributed by atoms with E-state index in [2.05, 4.69) is 8.92 Å². The van der Waals surface area contributed by atoms with Crippen LogP contribution in [0.2, 0.25) is 0 Å². The molecule has 0 aromatic heterocycles. The fourth-order valence-corrected chi connectivity index (χ4v) is 3.45. The first-order chi connectivity index (χ1) is 12.2. The van der Waals surface area contributed by atoms with Gasteiger partial charge in [-0.25, -0.2) is 10.3 Å². The Hall–Kier alpha value is -1.44. The number of hydroxylamine groups is 1. The monoisotopic (exact) mass is 398 g/mol. The first-order valence-corrected chi connectivity index (χ1v) is 9.60. The number of nitrogens with zero attached hydrogens (tertiary/aromatic N) is 1. The van der Waals surface area contributed by atoms with E-state index in [0.29, 0.717) is 25.7 Å². The Morgan fingerprint density at radius 1 is 1.31 bits per heavy atom. The second-order valence-corrected chi connectivity index (χ2v) is 7.05. The van der Waals surface area contributed by atoms with Gasteiger partial charge in [0.1, 0.15) is 6.04 Å². The number of nitrogens with one attached hydrogen (secondary N) is 1. The van der Waals surface area contributed by atoms with E-state index in [-0.39, 0.29) is 13.0 Å². The van der Waals surface area contributed by atoms with Gasteiger partial charge in [-0.2, -0.15) is 0 Å². The Bertz CT molecular complexity index is 511. The van der Waals surface area contributed by atoms with Crippen LogP contribution in [0.3, 0.4) is 0 Å². The molecular weight excluding hydrogens is 372 g/mol. The van der Waals surface area contributed by atoms with Gasteiger partial charge < -0.3 is 9.64 Å². The first kappa shape index (κ1) is 22.6. The van der Waals surface area contributed by atoms with Crippen molar-refractivity contribution in [2.45, 2.75) is 51.2 Å². The lowest BCUT2D eigenvalue weighted by molar-refractivity contribution is -0.156. The highest BCUT2D eigenvalue weighted by Gasteiger charge is 2.44. The van der Waals surface area contributed by atoms with Gasteiger partial charge >= 0.3 is 5.97 Å². The van der Waals surface area contributed by atoms with Crippen molar-refractivity contribution in [3.05, 3.63) is 0 Å². The van der Waals surface area contributed by atoms with Crippen LogP contribution in [-0.4, -0.2) is 67.3 Å². The average molecular weight is 398 g/mol. The van der Waals surface area contributed by atoms with Gasteiger partial charge in [-0.15, -0.1) is 0 Å². The van der Waals surface area contributed by atoms with Crippen LogP contribution >= 0.6 is 11.2 Å². The molecule has 1 aliphatic heterocycles. The van der Waals surface area contributed by atoms with E-state index in [9.17, 15) is 14.4 Å². The predicted octanol–water partition coefficient (Wildman–Crippen LogP) is 0.986. The molecular formula is C14H26N2O9S. The summed E-state index contributed by atoms with van der Waals surface area (Å²) < 4.78 is 36.7. The van der Waals surface area contributed by atoms with Crippen molar-refractivity contribution in [1.82, 2.24) is 10.4 Å². The number of hydrogen-bond donors (Lipinski definition) is 5. The van der Waals surface area contributed by atoms with Crippen LogP contribution in [-0.2, 0) is 23.3 Å². The summed E-state index contributed by atoms with van der Waals surface area (Å²) in [7, 11) is 1.20. The summed E-state index contributed by atoms with van der Waals surface area (Å²) in [6, 6.07) is -0.816. The number of methoxy groups -OCH3 is 1. The van der Waals surface area contributed by atoms with Crippen molar-refractivity contribution in [2.75, 3.05) is 13.7 Å². The molecule has 26 heavy (non-hydrogen) atoms. The van der Waals surface area contributed by atoms with Gasteiger partial charge in [-0.1, -0.05) is 19.8 Å². The van der Waals surface area contributed by atoms with Crippen molar-refractivity contribution >= 4 is 28.9 Å². The quantitative estimate of drug-likeness (QED) is 0.216. The van der Waals surface area contributed by atoms with Gasteiger partial charge in [0.15, 0.2) is 6.10 Å². The van der Waals surface area contributed by atoms with Crippen LogP contribution in [0.5, 0.6) is 0 Å². The number of rotatable bonds is 9. The van der Waals surface area contributed by atoms with E-state index in [0.717, 1.165) is 0 Å². The van der Waals surface area contributed by atoms with Crippen LogP contribution in [0.15, 0.2) is 0 Å². The summed E-state index contributed by atoms with van der Waals surface area (Å²) in [6.07, 6.45) is 0.342. The molecule has 0 aromatic carbocycles. The van der Waals surface area contributed by atoms with Gasteiger partial charge in [0.25, 0.3) is 5.91 Å². The summed E-state index contributed by atoms with van der Waals surface area (Å²) in [5.41, 5.74) is 1.29.